The van der Waals surface area contributed by atoms with Crippen LogP contribution in [-0.4, -0.2) is 17.7 Å². The van der Waals surface area contributed by atoms with Crippen LogP contribution in [0.15, 0.2) is 18.2 Å². The molecule has 1 aromatic rings. The van der Waals surface area contributed by atoms with Crippen LogP contribution in [0.4, 0.5) is 4.39 Å². The Balaban J connectivity index is 3.01. The molecule has 2 nitrogen and oxygen atoms in total. The fourth-order valence-corrected chi connectivity index (χ4v) is 1.85. The maximum absolute atomic E-state index is 13.7. The van der Waals surface area contributed by atoms with Crippen molar-refractivity contribution in [1.82, 2.24) is 0 Å². The van der Waals surface area contributed by atoms with Gasteiger partial charge < -0.3 is 0 Å². The van der Waals surface area contributed by atoms with E-state index in [0.29, 0.717) is 23.1 Å². The third kappa shape index (κ3) is 2.99. The van der Waals surface area contributed by atoms with E-state index in [4.69, 9.17) is 0 Å². The van der Waals surface area contributed by atoms with E-state index in [9.17, 15) is 14.0 Å². The zero-order valence-electron chi connectivity index (χ0n) is 10.4. The highest BCUT2D eigenvalue weighted by Gasteiger charge is 2.28. The van der Waals surface area contributed by atoms with Gasteiger partial charge >= 0.3 is 0 Å². The van der Waals surface area contributed by atoms with Crippen LogP contribution in [-0.2, 0) is 4.79 Å². The molecule has 0 saturated heterocycles. The number of ketones is 2. The van der Waals surface area contributed by atoms with Crippen molar-refractivity contribution >= 4 is 11.6 Å². The van der Waals surface area contributed by atoms with Crippen LogP contribution in [0.1, 0.15) is 41.3 Å². The third-order valence-corrected chi connectivity index (χ3v) is 2.74. The minimum Gasteiger partial charge on any atom is -0.296 e. The first-order valence-electron chi connectivity index (χ1n) is 5.76. The highest BCUT2D eigenvalue weighted by atomic mass is 19.1. The van der Waals surface area contributed by atoms with Gasteiger partial charge in [-0.2, -0.15) is 0 Å². The molecule has 1 unspecified atom stereocenters. The monoisotopic (exact) mass is 236 g/mol. The average molecular weight is 236 g/mol. The summed E-state index contributed by atoms with van der Waals surface area (Å²) in [4.78, 5) is 23.3. The highest BCUT2D eigenvalue weighted by molar-refractivity contribution is 6.14. The number of hydrogen-bond donors (Lipinski definition) is 0. The average Bonchev–Trinajstić information content (AvgIpc) is 2.27. The zero-order chi connectivity index (χ0) is 13.0. The maximum Gasteiger partial charge on any atom is 0.220 e. The predicted octanol–water partition coefficient (Wildman–Crippen LogP) is 3.19. The molecule has 0 heterocycles. The fourth-order valence-electron chi connectivity index (χ4n) is 1.85. The van der Waals surface area contributed by atoms with E-state index in [-0.39, 0.29) is 6.42 Å². The lowest BCUT2D eigenvalue weighted by molar-refractivity contribution is -0.122. The molecule has 0 bridgehead atoms. The van der Waals surface area contributed by atoms with E-state index in [1.807, 2.05) is 6.07 Å². The second kappa shape index (κ2) is 5.71. The molecule has 1 atom stereocenters. The van der Waals surface area contributed by atoms with Gasteiger partial charge in [-0.3, -0.25) is 9.59 Å². The molecule has 92 valence electrons. The van der Waals surface area contributed by atoms with Crippen molar-refractivity contribution in [3.8, 4) is 0 Å². The molecule has 0 amide bonds. The summed E-state index contributed by atoms with van der Waals surface area (Å²) in [5, 5.41) is 0. The standard InChI is InChI=1S/C14H17FO2/c1-4-6-11(16)13(15)14(17)12-9(2)7-5-8-10(12)3/h5,7-8,13H,4,6H2,1-3H3. The van der Waals surface area contributed by atoms with Crippen LogP contribution >= 0.6 is 0 Å². The van der Waals surface area contributed by atoms with Crippen LogP contribution in [0.2, 0.25) is 0 Å². The van der Waals surface area contributed by atoms with Crippen LogP contribution in [0, 0.1) is 13.8 Å². The molecule has 0 saturated carbocycles. The predicted molar refractivity (Wildman–Crippen MR) is 65.1 cm³/mol. The molecule has 17 heavy (non-hydrogen) atoms. The molecule has 0 aliphatic rings. The van der Waals surface area contributed by atoms with Crippen molar-refractivity contribution in [3.63, 3.8) is 0 Å². The molecule has 0 N–H and O–H groups in total. The minimum atomic E-state index is -2.02. The smallest absolute Gasteiger partial charge is 0.220 e. The fraction of sp³-hybridized carbons (Fsp3) is 0.429. The Morgan fingerprint density at radius 3 is 2.24 bits per heavy atom. The van der Waals surface area contributed by atoms with Crippen molar-refractivity contribution in [3.05, 3.63) is 34.9 Å². The number of rotatable bonds is 5. The lowest BCUT2D eigenvalue weighted by Gasteiger charge is -2.11. The minimum absolute atomic E-state index is 0.109. The van der Waals surface area contributed by atoms with Crippen molar-refractivity contribution < 1.29 is 14.0 Å². The summed E-state index contributed by atoms with van der Waals surface area (Å²) in [6.07, 6.45) is -1.35. The summed E-state index contributed by atoms with van der Waals surface area (Å²) in [6, 6.07) is 5.30. The van der Waals surface area contributed by atoms with Gasteiger partial charge in [0.1, 0.15) is 0 Å². The molecular weight excluding hydrogens is 219 g/mol. The molecule has 0 aromatic heterocycles. The van der Waals surface area contributed by atoms with E-state index in [1.54, 1.807) is 32.9 Å². The Morgan fingerprint density at radius 1 is 1.24 bits per heavy atom. The van der Waals surface area contributed by atoms with Crippen LogP contribution < -0.4 is 0 Å². The Labute approximate surface area is 101 Å². The Bertz CT molecular complexity index is 418. The summed E-state index contributed by atoms with van der Waals surface area (Å²) < 4.78 is 13.7. The number of aryl methyl sites for hydroxylation is 2. The normalized spacial score (nSPS) is 12.2. The second-order valence-corrected chi connectivity index (χ2v) is 4.21. The van der Waals surface area contributed by atoms with Crippen molar-refractivity contribution in [1.29, 1.82) is 0 Å². The van der Waals surface area contributed by atoms with E-state index < -0.39 is 17.7 Å². The van der Waals surface area contributed by atoms with Crippen LogP contribution in [0.25, 0.3) is 0 Å². The molecule has 1 aromatic carbocycles. The quantitative estimate of drug-likeness (QED) is 0.581. The van der Waals surface area contributed by atoms with E-state index in [1.165, 1.54) is 0 Å². The third-order valence-electron chi connectivity index (χ3n) is 2.74. The number of alkyl halides is 1. The summed E-state index contributed by atoms with van der Waals surface area (Å²) in [5.74, 6) is -1.33. The topological polar surface area (TPSA) is 34.1 Å². The van der Waals surface area contributed by atoms with Gasteiger partial charge in [0, 0.05) is 12.0 Å². The Morgan fingerprint density at radius 2 is 1.76 bits per heavy atom. The zero-order valence-corrected chi connectivity index (χ0v) is 10.4. The van der Waals surface area contributed by atoms with Crippen LogP contribution in [0.5, 0.6) is 0 Å². The van der Waals surface area contributed by atoms with Crippen molar-refractivity contribution in [2.45, 2.75) is 39.8 Å². The first kappa shape index (κ1) is 13.6. The first-order valence-corrected chi connectivity index (χ1v) is 5.76. The van der Waals surface area contributed by atoms with Gasteiger partial charge in [0.15, 0.2) is 5.78 Å². The lowest BCUT2D eigenvalue weighted by atomic mass is 9.94. The summed E-state index contributed by atoms with van der Waals surface area (Å²) in [5.41, 5.74) is 1.76. The number of carbonyl (C=O) groups is 2. The molecule has 0 aliphatic carbocycles. The first-order chi connectivity index (χ1) is 7.99. The number of hydrogen-bond acceptors (Lipinski definition) is 2. The van der Waals surface area contributed by atoms with Crippen molar-refractivity contribution in [2.24, 2.45) is 0 Å². The number of benzene rings is 1. The van der Waals surface area contributed by atoms with Gasteiger partial charge in [0.2, 0.25) is 12.0 Å². The number of carbonyl (C=O) groups excluding carboxylic acids is 2. The highest BCUT2D eigenvalue weighted by Crippen LogP contribution is 2.18. The van der Waals surface area contributed by atoms with Gasteiger partial charge in [0.25, 0.3) is 0 Å². The lowest BCUT2D eigenvalue weighted by Crippen LogP contribution is -2.26. The van der Waals surface area contributed by atoms with E-state index in [2.05, 4.69) is 0 Å². The summed E-state index contributed by atoms with van der Waals surface area (Å²) in [7, 11) is 0. The Hall–Kier alpha value is -1.51. The molecule has 1 rings (SSSR count). The number of halogens is 1. The molecule has 3 heteroatoms. The van der Waals surface area contributed by atoms with Crippen LogP contribution in [0.3, 0.4) is 0 Å². The second-order valence-electron chi connectivity index (χ2n) is 4.21. The van der Waals surface area contributed by atoms with Gasteiger partial charge in [-0.05, 0) is 31.4 Å². The summed E-state index contributed by atoms with van der Waals surface area (Å²) >= 11 is 0. The molecule has 0 radical (unpaired) electrons. The van der Waals surface area contributed by atoms with E-state index in [0.717, 1.165) is 0 Å². The largest absolute Gasteiger partial charge is 0.296 e. The van der Waals surface area contributed by atoms with Gasteiger partial charge in [-0.25, -0.2) is 4.39 Å². The molecule has 0 spiro atoms. The molecule has 0 fully saturated rings. The number of Topliss-reactive ketones (excluding diaryl/α,β-unsaturated/α-hetero) is 2. The Kier molecular flexibility index (Phi) is 4.55. The SMILES string of the molecule is CCCC(=O)C(F)C(=O)c1c(C)cccc1C. The molecule has 0 aliphatic heterocycles. The maximum atomic E-state index is 13.7. The van der Waals surface area contributed by atoms with E-state index >= 15 is 0 Å². The summed E-state index contributed by atoms with van der Waals surface area (Å²) in [6.45, 7) is 5.28. The van der Waals surface area contributed by atoms with Crippen molar-refractivity contribution in [2.75, 3.05) is 0 Å². The van der Waals surface area contributed by atoms with Gasteiger partial charge in [-0.1, -0.05) is 25.1 Å². The van der Waals surface area contributed by atoms with Gasteiger partial charge in [0.05, 0.1) is 0 Å². The molecular formula is C14H17FO2. The van der Waals surface area contributed by atoms with Gasteiger partial charge in [-0.15, -0.1) is 0 Å².